The van der Waals surface area contributed by atoms with Crippen molar-refractivity contribution in [2.75, 3.05) is 5.73 Å². The van der Waals surface area contributed by atoms with Crippen LogP contribution in [0.4, 0.5) is 11.4 Å². The molecule has 0 radical (unpaired) electrons. The smallest absolute Gasteiger partial charge is 0.272 e. The highest BCUT2D eigenvalue weighted by atomic mass is 16.6. The third-order valence-corrected chi connectivity index (χ3v) is 2.05. The maximum absolute atomic E-state index is 11.6. The van der Waals surface area contributed by atoms with Crippen molar-refractivity contribution < 1.29 is 14.5 Å². The average molecular weight is 263 g/mol. The van der Waals surface area contributed by atoms with Crippen LogP contribution in [0.3, 0.4) is 0 Å². The maximum Gasteiger partial charge on any atom is 0.272 e. The molecule has 1 aromatic rings. The molecule has 0 aromatic heterocycles. The molecule has 19 heavy (non-hydrogen) atoms. The van der Waals surface area contributed by atoms with Gasteiger partial charge in [-0.15, -0.1) is 0 Å². The van der Waals surface area contributed by atoms with E-state index in [1.807, 2.05) is 10.9 Å². The first-order valence-electron chi connectivity index (χ1n) is 4.95. The largest absolute Gasteiger partial charge is 0.398 e. The number of hydrazine groups is 1. The van der Waals surface area contributed by atoms with Crippen molar-refractivity contribution in [1.29, 1.82) is 5.26 Å². The fraction of sp³-hybridized carbons (Fsp3) is 0.100. The van der Waals surface area contributed by atoms with Gasteiger partial charge in [0.15, 0.2) is 0 Å². The van der Waals surface area contributed by atoms with E-state index in [2.05, 4.69) is 0 Å². The quantitative estimate of drug-likeness (QED) is 0.392. The number of nitrogen functional groups attached to an aromatic ring is 1. The van der Waals surface area contributed by atoms with Crippen molar-refractivity contribution in [3.63, 3.8) is 0 Å². The maximum atomic E-state index is 11.6. The summed E-state index contributed by atoms with van der Waals surface area (Å²) in [6.07, 6.45) is -0.426. The van der Waals surface area contributed by atoms with Crippen molar-refractivity contribution in [1.82, 2.24) is 10.9 Å². The predicted octanol–water partition coefficient (Wildman–Crippen LogP) is -0.148. The molecule has 1 aromatic carbocycles. The van der Waals surface area contributed by atoms with E-state index >= 15 is 0 Å². The summed E-state index contributed by atoms with van der Waals surface area (Å²) in [5.74, 6) is -1.52. The summed E-state index contributed by atoms with van der Waals surface area (Å²) in [4.78, 5) is 32.5. The molecule has 4 N–H and O–H groups in total. The molecule has 0 fully saturated rings. The van der Waals surface area contributed by atoms with Crippen LogP contribution in [0.5, 0.6) is 0 Å². The van der Waals surface area contributed by atoms with Gasteiger partial charge in [-0.1, -0.05) is 0 Å². The van der Waals surface area contributed by atoms with E-state index in [4.69, 9.17) is 11.0 Å². The fourth-order valence-corrected chi connectivity index (χ4v) is 1.16. The lowest BCUT2D eigenvalue weighted by Gasteiger charge is -2.07. The molecular weight excluding hydrogens is 254 g/mol. The van der Waals surface area contributed by atoms with Gasteiger partial charge in [0.25, 0.3) is 17.5 Å². The molecule has 0 bridgehead atoms. The standard InChI is InChI=1S/C10H9N5O4/c11-4-3-9(16)13-14-10(17)7-5-6(15(18)19)1-2-8(7)12/h1-2,5H,3,12H2,(H,13,16)(H,14,17). The van der Waals surface area contributed by atoms with E-state index in [0.29, 0.717) is 0 Å². The van der Waals surface area contributed by atoms with Gasteiger partial charge < -0.3 is 5.73 Å². The Labute approximate surface area is 107 Å². The zero-order valence-electron chi connectivity index (χ0n) is 9.54. The lowest BCUT2D eigenvalue weighted by atomic mass is 10.1. The molecule has 9 heteroatoms. The van der Waals surface area contributed by atoms with E-state index in [1.165, 1.54) is 6.07 Å². The minimum atomic E-state index is -0.813. The molecule has 0 saturated heterocycles. The Hall–Kier alpha value is -3.15. The third-order valence-electron chi connectivity index (χ3n) is 2.05. The fourth-order valence-electron chi connectivity index (χ4n) is 1.16. The monoisotopic (exact) mass is 263 g/mol. The number of hydrogen-bond acceptors (Lipinski definition) is 6. The summed E-state index contributed by atoms with van der Waals surface area (Å²) in [5.41, 5.74) is 9.05. The van der Waals surface area contributed by atoms with Gasteiger partial charge in [-0.05, 0) is 6.07 Å². The molecule has 0 spiro atoms. The van der Waals surface area contributed by atoms with Gasteiger partial charge in [-0.25, -0.2) is 0 Å². The molecule has 0 atom stereocenters. The number of carbonyl (C=O) groups excluding carboxylic acids is 2. The van der Waals surface area contributed by atoms with Gasteiger partial charge in [0, 0.05) is 17.8 Å². The molecule has 1 rings (SSSR count). The van der Waals surface area contributed by atoms with Crippen LogP contribution in [0, 0.1) is 21.4 Å². The van der Waals surface area contributed by atoms with E-state index < -0.39 is 23.2 Å². The molecule has 98 valence electrons. The number of nitriles is 1. The van der Waals surface area contributed by atoms with Crippen molar-refractivity contribution in [3.05, 3.63) is 33.9 Å². The number of nitrogens with one attached hydrogen (secondary N) is 2. The highest BCUT2D eigenvalue weighted by Crippen LogP contribution is 2.19. The molecular formula is C10H9N5O4. The molecule has 0 heterocycles. The number of nitro benzene ring substituents is 1. The Morgan fingerprint density at radius 3 is 2.68 bits per heavy atom. The molecule has 0 aliphatic heterocycles. The van der Waals surface area contributed by atoms with E-state index in [1.54, 1.807) is 6.07 Å². The Morgan fingerprint density at radius 2 is 2.11 bits per heavy atom. The minimum Gasteiger partial charge on any atom is -0.398 e. The first-order valence-corrected chi connectivity index (χ1v) is 4.95. The number of hydrogen-bond donors (Lipinski definition) is 3. The van der Waals surface area contributed by atoms with Crippen molar-refractivity contribution in [2.24, 2.45) is 0 Å². The van der Waals surface area contributed by atoms with Gasteiger partial charge >= 0.3 is 0 Å². The summed E-state index contributed by atoms with van der Waals surface area (Å²) >= 11 is 0. The summed E-state index contributed by atoms with van der Waals surface area (Å²) in [5, 5.41) is 18.8. The number of rotatable bonds is 3. The van der Waals surface area contributed by atoms with Crippen LogP contribution in [0.25, 0.3) is 0 Å². The normalized spacial score (nSPS) is 9.21. The molecule has 0 saturated carbocycles. The van der Waals surface area contributed by atoms with Crippen LogP contribution >= 0.6 is 0 Å². The summed E-state index contributed by atoms with van der Waals surface area (Å²) < 4.78 is 0. The first-order chi connectivity index (χ1) is 8.95. The van der Waals surface area contributed by atoms with Crippen molar-refractivity contribution >= 4 is 23.2 Å². The SMILES string of the molecule is N#CCC(=O)NNC(=O)c1cc([N+](=O)[O-])ccc1N. The van der Waals surface area contributed by atoms with Gasteiger partial charge in [0.1, 0.15) is 6.42 Å². The minimum absolute atomic E-state index is 0.0256. The number of nitrogens with zero attached hydrogens (tertiary/aromatic N) is 2. The second-order valence-electron chi connectivity index (χ2n) is 3.37. The van der Waals surface area contributed by atoms with Crippen LogP contribution in [0.15, 0.2) is 18.2 Å². The van der Waals surface area contributed by atoms with Crippen LogP contribution in [0.1, 0.15) is 16.8 Å². The Bertz CT molecular complexity index is 578. The zero-order valence-corrected chi connectivity index (χ0v) is 9.54. The molecule has 0 aliphatic rings. The van der Waals surface area contributed by atoms with Crippen LogP contribution in [0.2, 0.25) is 0 Å². The Kier molecular flexibility index (Phi) is 4.37. The van der Waals surface area contributed by atoms with Crippen LogP contribution in [-0.2, 0) is 4.79 Å². The predicted molar refractivity (Wildman–Crippen MR) is 63.3 cm³/mol. The van der Waals surface area contributed by atoms with Gasteiger partial charge in [0.2, 0.25) is 0 Å². The third kappa shape index (κ3) is 3.67. The number of non-ortho nitro benzene ring substituents is 1. The van der Waals surface area contributed by atoms with E-state index in [-0.39, 0.29) is 16.9 Å². The summed E-state index contributed by atoms with van der Waals surface area (Å²) in [6.45, 7) is 0. The van der Waals surface area contributed by atoms with Crippen molar-refractivity contribution in [3.8, 4) is 6.07 Å². The molecule has 2 amide bonds. The summed E-state index contributed by atoms with van der Waals surface area (Å²) in [6, 6.07) is 4.94. The van der Waals surface area contributed by atoms with Crippen LogP contribution < -0.4 is 16.6 Å². The lowest BCUT2D eigenvalue weighted by molar-refractivity contribution is -0.384. The number of anilines is 1. The number of carbonyl (C=O) groups is 2. The summed E-state index contributed by atoms with van der Waals surface area (Å²) in [7, 11) is 0. The average Bonchev–Trinajstić information content (AvgIpc) is 2.36. The lowest BCUT2D eigenvalue weighted by Crippen LogP contribution is -2.41. The highest BCUT2D eigenvalue weighted by Gasteiger charge is 2.15. The molecule has 0 aliphatic carbocycles. The van der Waals surface area contributed by atoms with E-state index in [9.17, 15) is 19.7 Å². The van der Waals surface area contributed by atoms with Gasteiger partial charge in [-0.3, -0.25) is 30.6 Å². The van der Waals surface area contributed by atoms with Gasteiger partial charge in [-0.2, -0.15) is 5.26 Å². The number of nitro groups is 1. The zero-order chi connectivity index (χ0) is 14.4. The molecule has 0 unspecified atom stereocenters. The molecule has 9 nitrogen and oxygen atoms in total. The highest BCUT2D eigenvalue weighted by molar-refractivity contribution is 6.00. The number of amides is 2. The number of benzene rings is 1. The van der Waals surface area contributed by atoms with Gasteiger partial charge in [0.05, 0.1) is 16.6 Å². The van der Waals surface area contributed by atoms with Crippen molar-refractivity contribution in [2.45, 2.75) is 6.42 Å². The first kappa shape index (κ1) is 13.9. The van der Waals surface area contributed by atoms with E-state index in [0.717, 1.165) is 12.1 Å². The van der Waals surface area contributed by atoms with Crippen LogP contribution in [-0.4, -0.2) is 16.7 Å². The number of nitrogens with two attached hydrogens (primary N) is 1. The second kappa shape index (κ2) is 5.97. The topological polar surface area (TPSA) is 151 Å². The Morgan fingerprint density at radius 1 is 1.42 bits per heavy atom. The Balaban J connectivity index is 2.82. The second-order valence-corrected chi connectivity index (χ2v) is 3.37.